The molecule has 0 rings (SSSR count). The lowest BCUT2D eigenvalue weighted by atomic mass is 10.1. The largest absolute Gasteiger partial charge is 0.481 e. The maximum absolute atomic E-state index is 12.4. The van der Waals surface area contributed by atoms with E-state index in [1.807, 2.05) is 0 Å². The minimum absolute atomic E-state index is 0.0741. The van der Waals surface area contributed by atoms with Crippen LogP contribution >= 0.6 is 0 Å². The molecule has 0 aromatic heterocycles. The molecular formula is C41H74O6. The number of carbonyl (C=O) groups excluding carboxylic acids is 2. The lowest BCUT2D eigenvalue weighted by Crippen LogP contribution is -2.26. The molecule has 6 heteroatoms. The lowest BCUT2D eigenvalue weighted by Gasteiger charge is -2.17. The molecule has 47 heavy (non-hydrogen) atoms. The van der Waals surface area contributed by atoms with Crippen LogP contribution in [0.2, 0.25) is 0 Å². The second-order valence-electron chi connectivity index (χ2n) is 13.4. The minimum Gasteiger partial charge on any atom is -0.481 e. The number of allylic oxidation sites excluding steroid dienone is 4. The highest BCUT2D eigenvalue weighted by molar-refractivity contribution is 5.70. The van der Waals surface area contributed by atoms with Crippen LogP contribution in [0.1, 0.15) is 206 Å². The molecule has 1 atom stereocenters. The van der Waals surface area contributed by atoms with Gasteiger partial charge in [-0.25, -0.2) is 0 Å². The topological polar surface area (TPSA) is 89.9 Å². The van der Waals surface area contributed by atoms with Crippen LogP contribution in [0.15, 0.2) is 24.3 Å². The number of aliphatic carboxylic acids is 1. The molecule has 0 aliphatic heterocycles. The van der Waals surface area contributed by atoms with Crippen LogP contribution in [0.4, 0.5) is 0 Å². The second kappa shape index (κ2) is 36.7. The summed E-state index contributed by atoms with van der Waals surface area (Å²) in [5, 5.41) is 9.07. The monoisotopic (exact) mass is 663 g/mol. The van der Waals surface area contributed by atoms with Crippen molar-refractivity contribution >= 4 is 17.9 Å². The third kappa shape index (κ3) is 36.6. The van der Waals surface area contributed by atoms with Crippen LogP contribution in [-0.4, -0.2) is 35.7 Å². The zero-order valence-corrected chi connectivity index (χ0v) is 30.8. The normalized spacial score (nSPS) is 12.2. The Labute approximate surface area is 289 Å². The van der Waals surface area contributed by atoms with E-state index < -0.39 is 12.1 Å². The van der Waals surface area contributed by atoms with Crippen LogP contribution in [0.25, 0.3) is 0 Å². The average Bonchev–Trinajstić information content (AvgIpc) is 3.05. The predicted molar refractivity (Wildman–Crippen MR) is 197 cm³/mol. The first-order valence-electron chi connectivity index (χ1n) is 19.9. The molecule has 0 radical (unpaired) electrons. The molecular weight excluding hydrogens is 588 g/mol. The molecule has 274 valence electrons. The van der Waals surface area contributed by atoms with Gasteiger partial charge in [-0.05, 0) is 70.6 Å². The van der Waals surface area contributed by atoms with E-state index in [2.05, 4.69) is 38.2 Å². The number of hydrogen-bond donors (Lipinski definition) is 1. The van der Waals surface area contributed by atoms with Crippen LogP contribution in [0, 0.1) is 0 Å². The van der Waals surface area contributed by atoms with Crippen molar-refractivity contribution < 1.29 is 29.0 Å². The van der Waals surface area contributed by atoms with Crippen LogP contribution in [-0.2, 0) is 23.9 Å². The zero-order chi connectivity index (χ0) is 34.5. The van der Waals surface area contributed by atoms with Gasteiger partial charge in [0.25, 0.3) is 0 Å². The fourth-order valence-corrected chi connectivity index (χ4v) is 5.64. The lowest BCUT2D eigenvalue weighted by molar-refractivity contribution is -0.160. The van der Waals surface area contributed by atoms with Gasteiger partial charge in [-0.3, -0.25) is 14.4 Å². The van der Waals surface area contributed by atoms with E-state index in [9.17, 15) is 14.4 Å². The Bertz CT molecular complexity index is 774. The fourth-order valence-electron chi connectivity index (χ4n) is 5.64. The van der Waals surface area contributed by atoms with E-state index in [0.29, 0.717) is 12.8 Å². The van der Waals surface area contributed by atoms with E-state index in [0.717, 1.165) is 57.8 Å². The summed E-state index contributed by atoms with van der Waals surface area (Å²) in [4.78, 5) is 35.7. The SMILES string of the molecule is CCCCCCCCC=CCCCCCCCC(=O)OCC(CCC(=O)O)OC(=O)CCCCCCCC=CCCCCCCCC. The third-order valence-corrected chi connectivity index (χ3v) is 8.69. The molecule has 6 nitrogen and oxygen atoms in total. The van der Waals surface area contributed by atoms with Gasteiger partial charge in [-0.1, -0.05) is 141 Å². The minimum atomic E-state index is -0.956. The molecule has 0 aromatic carbocycles. The van der Waals surface area contributed by atoms with Crippen LogP contribution in [0.3, 0.4) is 0 Å². The smallest absolute Gasteiger partial charge is 0.306 e. The van der Waals surface area contributed by atoms with Crippen molar-refractivity contribution in [2.24, 2.45) is 0 Å². The zero-order valence-electron chi connectivity index (χ0n) is 30.8. The molecule has 0 fully saturated rings. The molecule has 0 spiro atoms. The number of hydrogen-bond acceptors (Lipinski definition) is 5. The van der Waals surface area contributed by atoms with Crippen molar-refractivity contribution in [3.8, 4) is 0 Å². The van der Waals surface area contributed by atoms with Crippen LogP contribution in [0.5, 0.6) is 0 Å². The summed E-state index contributed by atoms with van der Waals surface area (Å²) in [7, 11) is 0. The fraction of sp³-hybridized carbons (Fsp3) is 0.829. The van der Waals surface area contributed by atoms with Crippen molar-refractivity contribution in [1.82, 2.24) is 0 Å². The third-order valence-electron chi connectivity index (χ3n) is 8.69. The summed E-state index contributed by atoms with van der Waals surface area (Å²) in [5.41, 5.74) is 0. The summed E-state index contributed by atoms with van der Waals surface area (Å²) in [6, 6.07) is 0. The number of ether oxygens (including phenoxy) is 2. The Morgan fingerprint density at radius 2 is 0.851 bits per heavy atom. The highest BCUT2D eigenvalue weighted by Gasteiger charge is 2.18. The predicted octanol–water partition coefficient (Wildman–Crippen LogP) is 12.4. The summed E-state index contributed by atoms with van der Waals surface area (Å²) < 4.78 is 10.9. The first-order valence-corrected chi connectivity index (χ1v) is 19.9. The highest BCUT2D eigenvalue weighted by Crippen LogP contribution is 2.14. The molecule has 0 saturated heterocycles. The molecule has 0 bridgehead atoms. The van der Waals surface area contributed by atoms with Gasteiger partial charge in [0, 0.05) is 19.3 Å². The van der Waals surface area contributed by atoms with Crippen molar-refractivity contribution in [2.45, 2.75) is 213 Å². The van der Waals surface area contributed by atoms with Gasteiger partial charge < -0.3 is 14.6 Å². The number of esters is 2. The van der Waals surface area contributed by atoms with Crippen molar-refractivity contribution in [2.75, 3.05) is 6.61 Å². The maximum Gasteiger partial charge on any atom is 0.306 e. The standard InChI is InChI=1S/C41H74O6/c1-3-5-7-9-11-13-15-17-19-21-23-25-27-29-31-33-40(44)46-37-38(35-36-39(42)43)47-41(45)34-32-30-28-26-24-22-20-18-16-14-12-10-8-6-4-2/h17-20,38H,3-16,21-37H2,1-2H3,(H,42,43). The quantitative estimate of drug-likeness (QED) is 0.0408. The van der Waals surface area contributed by atoms with E-state index in [4.69, 9.17) is 14.6 Å². The number of carboxylic acids is 1. The molecule has 0 heterocycles. The molecule has 1 N–H and O–H groups in total. The first-order chi connectivity index (χ1) is 23.0. The molecule has 0 amide bonds. The number of carbonyl (C=O) groups is 3. The van der Waals surface area contributed by atoms with E-state index in [-0.39, 0.29) is 31.4 Å². The van der Waals surface area contributed by atoms with Gasteiger partial charge in [0.05, 0.1) is 0 Å². The molecule has 1 unspecified atom stereocenters. The van der Waals surface area contributed by atoms with Gasteiger partial charge >= 0.3 is 17.9 Å². The Morgan fingerprint density at radius 3 is 1.26 bits per heavy atom. The summed E-state index contributed by atoms with van der Waals surface area (Å²) >= 11 is 0. The van der Waals surface area contributed by atoms with Gasteiger partial charge in [0.15, 0.2) is 0 Å². The van der Waals surface area contributed by atoms with Crippen molar-refractivity contribution in [3.05, 3.63) is 24.3 Å². The van der Waals surface area contributed by atoms with Crippen molar-refractivity contribution in [3.63, 3.8) is 0 Å². The van der Waals surface area contributed by atoms with Gasteiger partial charge in [-0.15, -0.1) is 0 Å². The molecule has 0 aromatic rings. The average molecular weight is 663 g/mol. The van der Waals surface area contributed by atoms with Crippen molar-refractivity contribution in [1.29, 1.82) is 0 Å². The van der Waals surface area contributed by atoms with Gasteiger partial charge in [-0.2, -0.15) is 0 Å². The van der Waals surface area contributed by atoms with E-state index >= 15 is 0 Å². The van der Waals surface area contributed by atoms with E-state index in [1.54, 1.807) is 0 Å². The Morgan fingerprint density at radius 1 is 0.489 bits per heavy atom. The van der Waals surface area contributed by atoms with Gasteiger partial charge in [0.2, 0.25) is 0 Å². The Balaban J connectivity index is 3.87. The maximum atomic E-state index is 12.4. The first kappa shape index (κ1) is 44.9. The van der Waals surface area contributed by atoms with E-state index in [1.165, 1.54) is 109 Å². The number of unbranched alkanes of at least 4 members (excludes halogenated alkanes) is 22. The number of carboxylic acid groups (broad SMARTS) is 1. The summed E-state index contributed by atoms with van der Waals surface area (Å²) in [6.07, 6.45) is 40.4. The second-order valence-corrected chi connectivity index (χ2v) is 13.4. The molecule has 0 saturated carbocycles. The summed E-state index contributed by atoms with van der Waals surface area (Å²) in [5.74, 6) is -1.61. The van der Waals surface area contributed by atoms with Crippen LogP contribution < -0.4 is 0 Å². The highest BCUT2D eigenvalue weighted by atomic mass is 16.6. The van der Waals surface area contributed by atoms with Gasteiger partial charge in [0.1, 0.15) is 12.7 Å². The summed E-state index contributed by atoms with van der Waals surface area (Å²) in [6.45, 7) is 4.43. The Hall–Kier alpha value is -2.11. The number of rotatable bonds is 36. The Kier molecular flexibility index (Phi) is 35.1. The molecule has 0 aliphatic carbocycles. The molecule has 0 aliphatic rings.